The smallest absolute Gasteiger partial charge is 0.272 e. The van der Waals surface area contributed by atoms with E-state index in [0.29, 0.717) is 36.6 Å². The molecule has 1 unspecified atom stereocenters. The number of nitrogens with zero attached hydrogens (tertiary/aromatic N) is 2. The molecular formula is C19H22N4O4. The monoisotopic (exact) mass is 370 g/mol. The fourth-order valence-corrected chi connectivity index (χ4v) is 3.52. The number of likely N-dealkylation sites (N-methyl/N-ethyl adjacent to an activating group) is 1. The van der Waals surface area contributed by atoms with E-state index in [1.54, 1.807) is 13.1 Å². The molecule has 4 rings (SSSR count). The number of aromatic amines is 1. The Morgan fingerprint density at radius 2 is 2.19 bits per heavy atom. The molecule has 0 saturated heterocycles. The van der Waals surface area contributed by atoms with Gasteiger partial charge in [-0.1, -0.05) is 12.1 Å². The molecular weight excluding hydrogens is 348 g/mol. The highest BCUT2D eigenvalue weighted by Gasteiger charge is 2.32. The highest BCUT2D eigenvalue weighted by molar-refractivity contribution is 6.03. The van der Waals surface area contributed by atoms with Gasteiger partial charge in [0.1, 0.15) is 18.4 Å². The first-order chi connectivity index (χ1) is 13.0. The van der Waals surface area contributed by atoms with E-state index in [-0.39, 0.29) is 24.5 Å². The molecule has 2 aromatic rings. The van der Waals surface area contributed by atoms with E-state index in [4.69, 9.17) is 9.47 Å². The summed E-state index contributed by atoms with van der Waals surface area (Å²) in [6, 6.07) is 6.51. The molecule has 2 aliphatic rings. The number of H-pyrrole nitrogens is 1. The fourth-order valence-electron chi connectivity index (χ4n) is 3.52. The second-order valence-corrected chi connectivity index (χ2v) is 6.87. The third kappa shape index (κ3) is 3.28. The average molecular weight is 370 g/mol. The van der Waals surface area contributed by atoms with Gasteiger partial charge in [0.2, 0.25) is 0 Å². The second kappa shape index (κ2) is 7.03. The molecule has 1 aromatic carbocycles. The van der Waals surface area contributed by atoms with Crippen LogP contribution in [0.4, 0.5) is 5.69 Å². The zero-order chi connectivity index (χ0) is 19.0. The molecule has 3 heterocycles. The second-order valence-electron chi connectivity index (χ2n) is 6.87. The van der Waals surface area contributed by atoms with Gasteiger partial charge in [0.05, 0.1) is 18.4 Å². The number of nitrogens with one attached hydrogen (secondary N) is 2. The number of aromatic nitrogens is 2. The Hall–Kier alpha value is -2.87. The van der Waals surface area contributed by atoms with Crippen molar-refractivity contribution in [1.29, 1.82) is 0 Å². The highest BCUT2D eigenvalue weighted by atomic mass is 16.5. The van der Waals surface area contributed by atoms with E-state index in [1.807, 2.05) is 25.1 Å². The lowest BCUT2D eigenvalue weighted by molar-refractivity contribution is -0.120. The van der Waals surface area contributed by atoms with E-state index in [0.717, 1.165) is 11.3 Å². The summed E-state index contributed by atoms with van der Waals surface area (Å²) in [5.41, 5.74) is 2.77. The summed E-state index contributed by atoms with van der Waals surface area (Å²) in [4.78, 5) is 27.1. The van der Waals surface area contributed by atoms with Gasteiger partial charge >= 0.3 is 0 Å². The number of benzene rings is 1. The van der Waals surface area contributed by atoms with Crippen molar-refractivity contribution in [2.24, 2.45) is 0 Å². The van der Waals surface area contributed by atoms with Crippen molar-refractivity contribution in [1.82, 2.24) is 15.5 Å². The highest BCUT2D eigenvalue weighted by Crippen LogP contribution is 2.30. The minimum atomic E-state index is -0.789. The third-order valence-corrected chi connectivity index (χ3v) is 4.98. The van der Waals surface area contributed by atoms with Crippen molar-refractivity contribution in [2.45, 2.75) is 31.9 Å². The lowest BCUT2D eigenvalue weighted by Gasteiger charge is -2.20. The van der Waals surface area contributed by atoms with Crippen LogP contribution in [0.15, 0.2) is 24.3 Å². The number of para-hydroxylation sites is 2. The van der Waals surface area contributed by atoms with Crippen LogP contribution in [0.1, 0.15) is 28.7 Å². The predicted molar refractivity (Wildman–Crippen MR) is 98.0 cm³/mol. The summed E-state index contributed by atoms with van der Waals surface area (Å²) >= 11 is 0. The molecule has 2 aliphatic heterocycles. The molecule has 2 N–H and O–H groups in total. The van der Waals surface area contributed by atoms with Crippen LogP contribution in [0.5, 0.6) is 5.75 Å². The lowest BCUT2D eigenvalue weighted by atomic mass is 10.1. The summed E-state index contributed by atoms with van der Waals surface area (Å²) < 4.78 is 11.4. The van der Waals surface area contributed by atoms with Crippen LogP contribution in [0, 0.1) is 0 Å². The molecule has 0 bridgehead atoms. The average Bonchev–Trinajstić information content (AvgIpc) is 2.90. The van der Waals surface area contributed by atoms with Crippen LogP contribution in [0.3, 0.4) is 0 Å². The summed E-state index contributed by atoms with van der Waals surface area (Å²) in [7, 11) is 1.67. The Bertz CT molecular complexity index is 878. The molecule has 8 nitrogen and oxygen atoms in total. The molecule has 27 heavy (non-hydrogen) atoms. The van der Waals surface area contributed by atoms with Crippen molar-refractivity contribution < 1.29 is 19.1 Å². The van der Waals surface area contributed by atoms with E-state index in [2.05, 4.69) is 15.5 Å². The fraction of sp³-hybridized carbons (Fsp3) is 0.421. The standard InChI is InChI=1S/C19H22N4O4/c1-11-9-13-12(7-8-26-11)17(22-21-13)18(24)20-14-10-27-16-6-4-3-5-15(16)23(2)19(14)25/h3-6,11,14H,7-10H2,1-2H3,(H,20,24)(H,21,22)/t11?,14-/m0/s1. The zero-order valence-corrected chi connectivity index (χ0v) is 15.3. The molecule has 0 fully saturated rings. The number of hydrogen-bond donors (Lipinski definition) is 2. The van der Waals surface area contributed by atoms with E-state index < -0.39 is 6.04 Å². The van der Waals surface area contributed by atoms with Crippen LogP contribution in [0.2, 0.25) is 0 Å². The molecule has 0 aliphatic carbocycles. The van der Waals surface area contributed by atoms with Crippen molar-refractivity contribution in [3.63, 3.8) is 0 Å². The minimum Gasteiger partial charge on any atom is -0.489 e. The van der Waals surface area contributed by atoms with E-state index >= 15 is 0 Å². The third-order valence-electron chi connectivity index (χ3n) is 4.98. The van der Waals surface area contributed by atoms with Crippen LogP contribution < -0.4 is 15.0 Å². The van der Waals surface area contributed by atoms with Crippen molar-refractivity contribution in [3.05, 3.63) is 41.2 Å². The van der Waals surface area contributed by atoms with Gasteiger partial charge in [-0.15, -0.1) is 0 Å². The number of hydrogen-bond acceptors (Lipinski definition) is 5. The van der Waals surface area contributed by atoms with Gasteiger partial charge in [-0.25, -0.2) is 0 Å². The largest absolute Gasteiger partial charge is 0.489 e. The maximum Gasteiger partial charge on any atom is 0.272 e. The summed E-state index contributed by atoms with van der Waals surface area (Å²) in [6.07, 6.45) is 1.37. The van der Waals surface area contributed by atoms with Gasteiger partial charge in [-0.05, 0) is 25.5 Å². The number of anilines is 1. The first-order valence-corrected chi connectivity index (χ1v) is 9.02. The van der Waals surface area contributed by atoms with E-state index in [1.165, 1.54) is 4.90 Å². The molecule has 0 saturated carbocycles. The first-order valence-electron chi connectivity index (χ1n) is 9.02. The van der Waals surface area contributed by atoms with Crippen molar-refractivity contribution >= 4 is 17.5 Å². The van der Waals surface area contributed by atoms with Crippen molar-refractivity contribution in [2.75, 3.05) is 25.2 Å². The predicted octanol–water partition coefficient (Wildman–Crippen LogP) is 1.07. The molecule has 2 amide bonds. The van der Waals surface area contributed by atoms with Crippen LogP contribution in [-0.4, -0.2) is 54.4 Å². The molecule has 0 radical (unpaired) electrons. The van der Waals surface area contributed by atoms with Crippen LogP contribution in [-0.2, 0) is 22.4 Å². The van der Waals surface area contributed by atoms with Gasteiger partial charge in [0, 0.05) is 24.7 Å². The Kier molecular flexibility index (Phi) is 4.57. The van der Waals surface area contributed by atoms with Crippen LogP contribution >= 0.6 is 0 Å². The van der Waals surface area contributed by atoms with E-state index in [9.17, 15) is 9.59 Å². The Balaban J connectivity index is 1.53. The minimum absolute atomic E-state index is 0.0681. The number of ether oxygens (including phenoxy) is 2. The number of fused-ring (bicyclic) bond motifs is 2. The van der Waals surface area contributed by atoms with Gasteiger partial charge in [-0.2, -0.15) is 5.10 Å². The number of carbonyl (C=O) groups excluding carboxylic acids is 2. The van der Waals surface area contributed by atoms with Gasteiger partial charge in [0.15, 0.2) is 5.69 Å². The quantitative estimate of drug-likeness (QED) is 0.824. The molecule has 2 atom stereocenters. The SMILES string of the molecule is CC1Cc2[nH]nc(C(=O)N[C@H]3COc4ccccc4N(C)C3=O)c2CCO1. The number of rotatable bonds is 2. The van der Waals surface area contributed by atoms with Gasteiger partial charge in [0.25, 0.3) is 11.8 Å². The molecule has 0 spiro atoms. The summed E-state index contributed by atoms with van der Waals surface area (Å²) in [5.74, 6) is 0.000104. The number of carbonyl (C=O) groups is 2. The van der Waals surface area contributed by atoms with Gasteiger partial charge in [-0.3, -0.25) is 14.7 Å². The number of amides is 2. The Morgan fingerprint density at radius 3 is 3.04 bits per heavy atom. The first kappa shape index (κ1) is 17.5. The molecule has 1 aromatic heterocycles. The molecule has 8 heteroatoms. The van der Waals surface area contributed by atoms with Gasteiger partial charge < -0.3 is 19.7 Å². The normalized spacial score (nSPS) is 22.1. The van der Waals surface area contributed by atoms with Crippen LogP contribution in [0.25, 0.3) is 0 Å². The summed E-state index contributed by atoms with van der Waals surface area (Å²) in [6.45, 7) is 2.60. The maximum absolute atomic E-state index is 12.8. The van der Waals surface area contributed by atoms with Crippen molar-refractivity contribution in [3.8, 4) is 5.75 Å². The lowest BCUT2D eigenvalue weighted by Crippen LogP contribution is -2.49. The molecule has 142 valence electrons. The zero-order valence-electron chi connectivity index (χ0n) is 15.3. The summed E-state index contributed by atoms with van der Waals surface area (Å²) in [5, 5.41) is 9.91. The maximum atomic E-state index is 12.8. The Morgan fingerprint density at radius 1 is 1.37 bits per heavy atom. The Labute approximate surface area is 156 Å². The topological polar surface area (TPSA) is 96.5 Å².